The lowest BCUT2D eigenvalue weighted by molar-refractivity contribution is 0.0782. The van der Waals surface area contributed by atoms with Crippen LogP contribution in [0.2, 0.25) is 0 Å². The van der Waals surface area contributed by atoms with Gasteiger partial charge in [-0.3, -0.25) is 4.99 Å². The number of ether oxygens (including phenoxy) is 1. The van der Waals surface area contributed by atoms with Crippen LogP contribution in [0.4, 0.5) is 0 Å². The van der Waals surface area contributed by atoms with Crippen molar-refractivity contribution in [1.82, 2.24) is 10.2 Å². The lowest BCUT2D eigenvalue weighted by Gasteiger charge is -2.23. The third-order valence-corrected chi connectivity index (χ3v) is 3.33. The largest absolute Gasteiger partial charge is 0.379 e. The molecule has 0 amide bonds. The molecular weight excluding hydrogens is 365 g/mol. The molecule has 1 aliphatic rings. The second-order valence-electron chi connectivity index (χ2n) is 6.34. The molecule has 5 heteroatoms. The van der Waals surface area contributed by atoms with E-state index in [1.807, 2.05) is 0 Å². The molecule has 0 atom stereocenters. The summed E-state index contributed by atoms with van der Waals surface area (Å²) < 4.78 is 5.54. The molecule has 1 heterocycles. The minimum atomic E-state index is 0. The minimum Gasteiger partial charge on any atom is -0.379 e. The average molecular weight is 397 g/mol. The van der Waals surface area contributed by atoms with E-state index in [-0.39, 0.29) is 24.0 Å². The summed E-state index contributed by atoms with van der Waals surface area (Å²) in [7, 11) is 0. The van der Waals surface area contributed by atoms with Crippen LogP contribution in [-0.4, -0.2) is 49.7 Å². The smallest absolute Gasteiger partial charge is 0.193 e. The third-order valence-electron chi connectivity index (χ3n) is 3.33. The van der Waals surface area contributed by atoms with Gasteiger partial charge in [0.05, 0.1) is 6.10 Å². The van der Waals surface area contributed by atoms with Crippen LogP contribution in [0.1, 0.15) is 47.5 Å². The lowest BCUT2D eigenvalue weighted by Crippen LogP contribution is -2.40. The Morgan fingerprint density at radius 3 is 2.60 bits per heavy atom. The molecule has 1 N–H and O–H groups in total. The van der Waals surface area contributed by atoms with E-state index in [1.165, 1.54) is 6.42 Å². The van der Waals surface area contributed by atoms with Gasteiger partial charge in [0.1, 0.15) is 0 Å². The number of guanidine groups is 1. The highest BCUT2D eigenvalue weighted by molar-refractivity contribution is 14.0. The van der Waals surface area contributed by atoms with Crippen LogP contribution < -0.4 is 5.32 Å². The van der Waals surface area contributed by atoms with Crippen molar-refractivity contribution in [1.29, 1.82) is 0 Å². The fraction of sp³-hybridized carbons (Fsp3) is 0.933. The highest BCUT2D eigenvalue weighted by Crippen LogP contribution is 2.28. The SMILES string of the molecule is CCNC(=NCCCOC(C)C)N1CCC(C)(C)C1.I. The topological polar surface area (TPSA) is 36.9 Å². The monoisotopic (exact) mass is 397 g/mol. The van der Waals surface area contributed by atoms with Crippen LogP contribution >= 0.6 is 24.0 Å². The summed E-state index contributed by atoms with van der Waals surface area (Å²) in [5, 5.41) is 3.40. The van der Waals surface area contributed by atoms with Crippen molar-refractivity contribution < 1.29 is 4.74 Å². The number of nitrogens with one attached hydrogen (secondary N) is 1. The molecule has 120 valence electrons. The van der Waals surface area contributed by atoms with Gasteiger partial charge in [-0.05, 0) is 39.0 Å². The van der Waals surface area contributed by atoms with Crippen LogP contribution in [0.15, 0.2) is 4.99 Å². The van der Waals surface area contributed by atoms with Crippen LogP contribution in [0.3, 0.4) is 0 Å². The Morgan fingerprint density at radius 1 is 1.40 bits per heavy atom. The molecule has 1 fully saturated rings. The molecule has 4 nitrogen and oxygen atoms in total. The van der Waals surface area contributed by atoms with Gasteiger partial charge in [0.15, 0.2) is 5.96 Å². The van der Waals surface area contributed by atoms with Crippen molar-refractivity contribution in [2.75, 3.05) is 32.8 Å². The summed E-state index contributed by atoms with van der Waals surface area (Å²) in [6.07, 6.45) is 2.55. The van der Waals surface area contributed by atoms with Gasteiger partial charge in [-0.25, -0.2) is 0 Å². The molecular formula is C15H32IN3O. The molecule has 0 radical (unpaired) electrons. The van der Waals surface area contributed by atoms with Crippen LogP contribution in [0.25, 0.3) is 0 Å². The van der Waals surface area contributed by atoms with Gasteiger partial charge < -0.3 is 15.0 Å². The van der Waals surface area contributed by atoms with Gasteiger partial charge in [0, 0.05) is 32.8 Å². The summed E-state index contributed by atoms with van der Waals surface area (Å²) >= 11 is 0. The predicted molar refractivity (Wildman–Crippen MR) is 97.1 cm³/mol. The Hall–Kier alpha value is -0.0400. The Balaban J connectivity index is 0.00000361. The maximum Gasteiger partial charge on any atom is 0.193 e. The highest BCUT2D eigenvalue weighted by Gasteiger charge is 2.30. The Kier molecular flexibility index (Phi) is 9.80. The van der Waals surface area contributed by atoms with E-state index in [0.29, 0.717) is 11.5 Å². The fourth-order valence-corrected chi connectivity index (χ4v) is 2.29. The van der Waals surface area contributed by atoms with Crippen molar-refractivity contribution in [2.45, 2.75) is 53.6 Å². The van der Waals surface area contributed by atoms with E-state index >= 15 is 0 Å². The molecule has 0 aromatic carbocycles. The Bertz CT molecular complexity index is 293. The zero-order valence-corrected chi connectivity index (χ0v) is 16.1. The van der Waals surface area contributed by atoms with Gasteiger partial charge in [0.2, 0.25) is 0 Å². The molecule has 1 aliphatic heterocycles. The number of hydrogen-bond acceptors (Lipinski definition) is 2. The fourth-order valence-electron chi connectivity index (χ4n) is 2.29. The number of halogens is 1. The molecule has 0 unspecified atom stereocenters. The standard InChI is InChI=1S/C15H31N3O.HI/c1-6-16-14(17-9-7-11-19-13(2)3)18-10-8-15(4,5)12-18;/h13H,6-12H2,1-5H3,(H,16,17);1H. The number of rotatable bonds is 6. The molecule has 0 aliphatic carbocycles. The van der Waals surface area contributed by atoms with Gasteiger partial charge in [-0.2, -0.15) is 0 Å². The first kappa shape index (κ1) is 20.0. The first-order chi connectivity index (χ1) is 8.94. The van der Waals surface area contributed by atoms with E-state index in [4.69, 9.17) is 9.73 Å². The zero-order valence-electron chi connectivity index (χ0n) is 13.7. The number of hydrogen-bond donors (Lipinski definition) is 1. The molecule has 0 saturated carbocycles. The Morgan fingerprint density at radius 2 is 2.10 bits per heavy atom. The normalized spacial score (nSPS) is 18.3. The number of likely N-dealkylation sites (tertiary alicyclic amines) is 1. The van der Waals surface area contributed by atoms with Crippen LogP contribution in [0.5, 0.6) is 0 Å². The predicted octanol–water partition coefficient (Wildman–Crippen LogP) is 3.12. The van der Waals surface area contributed by atoms with Gasteiger partial charge in [-0.15, -0.1) is 24.0 Å². The molecule has 0 aromatic rings. The molecule has 0 bridgehead atoms. The van der Waals surface area contributed by atoms with Crippen molar-refractivity contribution in [2.24, 2.45) is 10.4 Å². The highest BCUT2D eigenvalue weighted by atomic mass is 127. The average Bonchev–Trinajstić information content (AvgIpc) is 2.67. The lowest BCUT2D eigenvalue weighted by atomic mass is 9.93. The van der Waals surface area contributed by atoms with Crippen molar-refractivity contribution >= 4 is 29.9 Å². The summed E-state index contributed by atoms with van der Waals surface area (Å²) in [6.45, 7) is 15.7. The first-order valence-corrected chi connectivity index (χ1v) is 7.59. The first-order valence-electron chi connectivity index (χ1n) is 7.59. The quantitative estimate of drug-likeness (QED) is 0.324. The van der Waals surface area contributed by atoms with Gasteiger partial charge in [-0.1, -0.05) is 13.8 Å². The molecule has 1 saturated heterocycles. The van der Waals surface area contributed by atoms with E-state index in [0.717, 1.165) is 45.2 Å². The molecule has 1 rings (SSSR count). The number of aliphatic imine (C=N–C) groups is 1. The van der Waals surface area contributed by atoms with Crippen molar-refractivity contribution in [3.63, 3.8) is 0 Å². The third kappa shape index (κ3) is 7.67. The summed E-state index contributed by atoms with van der Waals surface area (Å²) in [6, 6.07) is 0. The van der Waals surface area contributed by atoms with Gasteiger partial charge in [0.25, 0.3) is 0 Å². The molecule has 20 heavy (non-hydrogen) atoms. The van der Waals surface area contributed by atoms with Crippen LogP contribution in [0, 0.1) is 5.41 Å². The van der Waals surface area contributed by atoms with E-state index < -0.39 is 0 Å². The van der Waals surface area contributed by atoms with Crippen LogP contribution in [-0.2, 0) is 4.74 Å². The summed E-state index contributed by atoms with van der Waals surface area (Å²) in [5.74, 6) is 1.07. The maximum absolute atomic E-state index is 5.54. The minimum absolute atomic E-state index is 0. The maximum atomic E-state index is 5.54. The molecule has 0 spiro atoms. The Labute approximate surface area is 141 Å². The van der Waals surface area contributed by atoms with Crippen molar-refractivity contribution in [3.8, 4) is 0 Å². The van der Waals surface area contributed by atoms with Crippen molar-refractivity contribution in [3.05, 3.63) is 0 Å². The second-order valence-corrected chi connectivity index (χ2v) is 6.34. The summed E-state index contributed by atoms with van der Waals surface area (Å²) in [5.41, 5.74) is 0.414. The number of nitrogens with zero attached hydrogens (tertiary/aromatic N) is 2. The van der Waals surface area contributed by atoms with E-state index in [2.05, 4.69) is 44.8 Å². The molecule has 0 aromatic heterocycles. The summed E-state index contributed by atoms with van der Waals surface area (Å²) in [4.78, 5) is 7.09. The van der Waals surface area contributed by atoms with E-state index in [9.17, 15) is 0 Å². The second kappa shape index (κ2) is 9.82. The van der Waals surface area contributed by atoms with Gasteiger partial charge >= 0.3 is 0 Å². The van der Waals surface area contributed by atoms with E-state index in [1.54, 1.807) is 0 Å². The zero-order chi connectivity index (χ0) is 14.3.